The number of aromatic nitrogens is 3. The van der Waals surface area contributed by atoms with Crippen LogP contribution in [0.25, 0.3) is 5.57 Å². The number of hydrogen-bond donors (Lipinski definition) is 0. The van der Waals surface area contributed by atoms with Gasteiger partial charge in [0.05, 0.1) is 0 Å². The van der Waals surface area contributed by atoms with Crippen LogP contribution in [0.15, 0.2) is 54.7 Å². The Hall–Kier alpha value is -2.29. The highest BCUT2D eigenvalue weighted by molar-refractivity contribution is 5.75. The summed E-state index contributed by atoms with van der Waals surface area (Å²) in [6.45, 7) is 12.2. The maximum atomic E-state index is 4.76. The number of allylic oxidation sites excluding steroid dienone is 9. The summed E-state index contributed by atoms with van der Waals surface area (Å²) < 4.78 is 0. The Morgan fingerprint density at radius 2 is 2.09 bits per heavy atom. The van der Waals surface area contributed by atoms with Gasteiger partial charge in [-0.3, -0.25) is 0 Å². The van der Waals surface area contributed by atoms with Crippen LogP contribution in [0.4, 0.5) is 0 Å². The summed E-state index contributed by atoms with van der Waals surface area (Å²) in [6, 6.07) is 0. The smallest absolute Gasteiger partial charge is 0.163 e. The molecule has 0 radical (unpaired) electrons. The maximum Gasteiger partial charge on any atom is 0.163 e. The van der Waals surface area contributed by atoms with Crippen LogP contribution in [-0.2, 0) is 5.41 Å². The summed E-state index contributed by atoms with van der Waals surface area (Å²) in [5.41, 5.74) is 1.73. The highest BCUT2D eigenvalue weighted by Crippen LogP contribution is 2.30. The van der Waals surface area contributed by atoms with Crippen molar-refractivity contribution >= 4 is 5.57 Å². The van der Waals surface area contributed by atoms with Crippen LogP contribution in [0.5, 0.6) is 0 Å². The summed E-state index contributed by atoms with van der Waals surface area (Å²) in [6.07, 6.45) is 16.5. The van der Waals surface area contributed by atoms with E-state index >= 15 is 0 Å². The SMILES string of the molecule is C=C(C)/C(=C\C=C/CC)c1nc(C)nc(C2(C)C=CC=CC2)n1. The number of hydrogen-bond acceptors (Lipinski definition) is 3. The Labute approximate surface area is 139 Å². The van der Waals surface area contributed by atoms with Gasteiger partial charge in [-0.15, -0.1) is 0 Å². The molecule has 0 fully saturated rings. The second-order valence-electron chi connectivity index (χ2n) is 6.14. The molecule has 0 saturated heterocycles. The zero-order valence-corrected chi connectivity index (χ0v) is 14.5. The molecule has 120 valence electrons. The molecule has 1 aromatic rings. The minimum Gasteiger partial charge on any atom is -0.217 e. The lowest BCUT2D eigenvalue weighted by Crippen LogP contribution is -2.24. The fourth-order valence-corrected chi connectivity index (χ4v) is 2.46. The molecule has 1 aromatic heterocycles. The van der Waals surface area contributed by atoms with Gasteiger partial charge in [-0.1, -0.05) is 56.0 Å². The van der Waals surface area contributed by atoms with Crippen molar-refractivity contribution in [3.63, 3.8) is 0 Å². The third kappa shape index (κ3) is 4.13. The van der Waals surface area contributed by atoms with E-state index in [4.69, 9.17) is 4.98 Å². The molecular formula is C20H25N3. The van der Waals surface area contributed by atoms with E-state index in [-0.39, 0.29) is 5.41 Å². The maximum absolute atomic E-state index is 4.76. The molecule has 0 aliphatic heterocycles. The van der Waals surface area contributed by atoms with Crippen molar-refractivity contribution in [3.05, 3.63) is 72.2 Å². The summed E-state index contributed by atoms with van der Waals surface area (Å²) in [5.74, 6) is 2.25. The summed E-state index contributed by atoms with van der Waals surface area (Å²) in [4.78, 5) is 13.9. The van der Waals surface area contributed by atoms with Gasteiger partial charge in [0.15, 0.2) is 5.82 Å². The molecular weight excluding hydrogens is 282 g/mol. The van der Waals surface area contributed by atoms with E-state index in [0.717, 1.165) is 35.6 Å². The highest BCUT2D eigenvalue weighted by atomic mass is 15.0. The first kappa shape index (κ1) is 17.1. The van der Waals surface area contributed by atoms with E-state index in [0.29, 0.717) is 5.82 Å². The summed E-state index contributed by atoms with van der Waals surface area (Å²) in [5, 5.41) is 0. The molecule has 0 aromatic carbocycles. The normalized spacial score (nSPS) is 21.1. The fourth-order valence-electron chi connectivity index (χ4n) is 2.46. The predicted molar refractivity (Wildman–Crippen MR) is 97.0 cm³/mol. The van der Waals surface area contributed by atoms with Crippen molar-refractivity contribution in [1.29, 1.82) is 0 Å². The standard InChI is InChI=1S/C20H25N3/c1-6-7-9-12-17(15(2)3)18-21-16(4)22-19(23-18)20(5)13-10-8-11-14-20/h7-13H,2,6,14H2,1,3-5H3/b9-7-,17-12+. The lowest BCUT2D eigenvalue weighted by molar-refractivity contribution is 0.547. The molecule has 0 amide bonds. The van der Waals surface area contributed by atoms with Crippen molar-refractivity contribution in [1.82, 2.24) is 15.0 Å². The molecule has 0 N–H and O–H groups in total. The van der Waals surface area contributed by atoms with Crippen LogP contribution in [0.2, 0.25) is 0 Å². The van der Waals surface area contributed by atoms with Gasteiger partial charge in [0.1, 0.15) is 11.6 Å². The lowest BCUT2D eigenvalue weighted by Gasteiger charge is -2.25. The van der Waals surface area contributed by atoms with E-state index in [1.54, 1.807) is 0 Å². The van der Waals surface area contributed by atoms with E-state index in [2.05, 4.69) is 60.8 Å². The van der Waals surface area contributed by atoms with Gasteiger partial charge >= 0.3 is 0 Å². The Morgan fingerprint density at radius 3 is 2.70 bits per heavy atom. The molecule has 1 aliphatic rings. The number of nitrogens with zero attached hydrogens (tertiary/aromatic N) is 3. The summed E-state index contributed by atoms with van der Waals surface area (Å²) >= 11 is 0. The van der Waals surface area contributed by atoms with Crippen LogP contribution < -0.4 is 0 Å². The Morgan fingerprint density at radius 1 is 1.30 bits per heavy atom. The minimum absolute atomic E-state index is 0.184. The van der Waals surface area contributed by atoms with Crippen LogP contribution in [-0.4, -0.2) is 15.0 Å². The van der Waals surface area contributed by atoms with Crippen LogP contribution in [0.3, 0.4) is 0 Å². The first-order valence-corrected chi connectivity index (χ1v) is 8.07. The summed E-state index contributed by atoms with van der Waals surface area (Å²) in [7, 11) is 0. The first-order chi connectivity index (χ1) is 11.0. The third-order valence-corrected chi connectivity index (χ3v) is 3.85. The molecule has 1 atom stereocenters. The Kier molecular flexibility index (Phi) is 5.43. The molecule has 0 spiro atoms. The average Bonchev–Trinajstić information content (AvgIpc) is 2.51. The van der Waals surface area contributed by atoms with Crippen molar-refractivity contribution in [3.8, 4) is 0 Å². The Bertz CT molecular complexity index is 708. The van der Waals surface area contributed by atoms with Gasteiger partial charge in [0.2, 0.25) is 0 Å². The molecule has 3 heteroatoms. The molecule has 3 nitrogen and oxygen atoms in total. The molecule has 2 rings (SSSR count). The van der Waals surface area contributed by atoms with Crippen LogP contribution in [0.1, 0.15) is 51.1 Å². The third-order valence-electron chi connectivity index (χ3n) is 3.85. The van der Waals surface area contributed by atoms with Gasteiger partial charge in [-0.2, -0.15) is 0 Å². The minimum atomic E-state index is -0.184. The van der Waals surface area contributed by atoms with E-state index in [1.807, 2.05) is 26.0 Å². The van der Waals surface area contributed by atoms with E-state index in [1.165, 1.54) is 0 Å². The van der Waals surface area contributed by atoms with Gasteiger partial charge in [-0.05, 0) is 39.2 Å². The molecule has 0 saturated carbocycles. The molecule has 23 heavy (non-hydrogen) atoms. The van der Waals surface area contributed by atoms with Gasteiger partial charge in [0.25, 0.3) is 0 Å². The largest absolute Gasteiger partial charge is 0.217 e. The zero-order valence-electron chi connectivity index (χ0n) is 14.5. The second kappa shape index (κ2) is 7.32. The van der Waals surface area contributed by atoms with Crippen molar-refractivity contribution < 1.29 is 0 Å². The van der Waals surface area contributed by atoms with Gasteiger partial charge < -0.3 is 0 Å². The molecule has 1 unspecified atom stereocenters. The molecule has 1 heterocycles. The van der Waals surface area contributed by atoms with Crippen molar-refractivity contribution in [2.24, 2.45) is 0 Å². The van der Waals surface area contributed by atoms with Gasteiger partial charge in [0, 0.05) is 11.0 Å². The second-order valence-corrected chi connectivity index (χ2v) is 6.14. The average molecular weight is 307 g/mol. The highest BCUT2D eigenvalue weighted by Gasteiger charge is 2.28. The molecule has 0 bridgehead atoms. The van der Waals surface area contributed by atoms with Crippen molar-refractivity contribution in [2.75, 3.05) is 0 Å². The first-order valence-electron chi connectivity index (χ1n) is 8.07. The van der Waals surface area contributed by atoms with E-state index in [9.17, 15) is 0 Å². The quantitative estimate of drug-likeness (QED) is 0.728. The fraction of sp³-hybridized carbons (Fsp3) is 0.350. The topological polar surface area (TPSA) is 38.7 Å². The predicted octanol–water partition coefficient (Wildman–Crippen LogP) is 4.88. The lowest BCUT2D eigenvalue weighted by atomic mass is 9.83. The Balaban J connectivity index is 2.49. The van der Waals surface area contributed by atoms with E-state index < -0.39 is 0 Å². The van der Waals surface area contributed by atoms with Crippen LogP contribution >= 0.6 is 0 Å². The monoisotopic (exact) mass is 307 g/mol. The number of aryl methyl sites for hydroxylation is 1. The van der Waals surface area contributed by atoms with Gasteiger partial charge in [-0.25, -0.2) is 15.0 Å². The van der Waals surface area contributed by atoms with Crippen LogP contribution in [0, 0.1) is 6.92 Å². The molecule has 1 aliphatic carbocycles. The zero-order chi connectivity index (χ0) is 16.9. The number of rotatable bonds is 5. The van der Waals surface area contributed by atoms with Crippen molar-refractivity contribution in [2.45, 2.75) is 46.0 Å².